The summed E-state index contributed by atoms with van der Waals surface area (Å²) in [5, 5.41) is 16.2. The molecule has 1 aromatic heterocycles. The van der Waals surface area contributed by atoms with Gasteiger partial charge in [-0.1, -0.05) is 38.0 Å². The third kappa shape index (κ3) is 3.96. The number of thiazole rings is 1. The second-order valence-corrected chi connectivity index (χ2v) is 5.16. The lowest BCUT2D eigenvalue weighted by Crippen LogP contribution is -2.35. The molecule has 3 N–H and O–H groups in total. The summed E-state index contributed by atoms with van der Waals surface area (Å²) in [5.41, 5.74) is 0. The Balaban J connectivity index is 2.45. The van der Waals surface area contributed by atoms with Gasteiger partial charge in [-0.25, -0.2) is 4.98 Å². The quantitative estimate of drug-likeness (QED) is 0.706. The van der Waals surface area contributed by atoms with E-state index in [9.17, 15) is 9.90 Å². The summed E-state index contributed by atoms with van der Waals surface area (Å²) in [6.45, 7) is 4.38. The van der Waals surface area contributed by atoms with Gasteiger partial charge in [0.1, 0.15) is 4.88 Å². The molecule has 5 nitrogen and oxygen atoms in total. The molecule has 0 radical (unpaired) electrons. The number of hydrogen-bond donors (Lipinski definition) is 3. The van der Waals surface area contributed by atoms with E-state index in [0.29, 0.717) is 10.0 Å². The van der Waals surface area contributed by atoms with Crippen LogP contribution in [0.5, 0.6) is 0 Å². The van der Waals surface area contributed by atoms with Crippen LogP contribution >= 0.6 is 11.3 Å². The zero-order valence-electron chi connectivity index (χ0n) is 11.1. The smallest absolute Gasteiger partial charge is 0.263 e. The van der Waals surface area contributed by atoms with Gasteiger partial charge in [-0.3, -0.25) is 4.79 Å². The van der Waals surface area contributed by atoms with Crippen LogP contribution in [-0.2, 0) is 0 Å². The van der Waals surface area contributed by atoms with E-state index >= 15 is 0 Å². The van der Waals surface area contributed by atoms with E-state index in [0.717, 1.165) is 12.8 Å². The Morgan fingerprint density at radius 1 is 1.50 bits per heavy atom. The van der Waals surface area contributed by atoms with Crippen LogP contribution in [0, 0.1) is 5.92 Å². The molecule has 6 heteroatoms. The lowest BCUT2D eigenvalue weighted by molar-refractivity contribution is 0.0819. The fraction of sp³-hybridized carbons (Fsp3) is 0.667. The van der Waals surface area contributed by atoms with Crippen LogP contribution in [0.15, 0.2) is 6.20 Å². The first-order valence-electron chi connectivity index (χ1n) is 6.22. The fourth-order valence-electron chi connectivity index (χ4n) is 1.78. The first-order chi connectivity index (χ1) is 8.62. The van der Waals surface area contributed by atoms with Gasteiger partial charge in [0.2, 0.25) is 0 Å². The van der Waals surface area contributed by atoms with Gasteiger partial charge >= 0.3 is 0 Å². The molecule has 0 aliphatic rings. The fourth-order valence-corrected chi connectivity index (χ4v) is 2.46. The summed E-state index contributed by atoms with van der Waals surface area (Å²) >= 11 is 1.30. The third-order valence-electron chi connectivity index (χ3n) is 3.01. The number of carbonyl (C=O) groups excluding carboxylic acids is 1. The van der Waals surface area contributed by atoms with Crippen molar-refractivity contribution in [3.8, 4) is 0 Å². The second-order valence-electron chi connectivity index (χ2n) is 4.13. The number of rotatable bonds is 7. The van der Waals surface area contributed by atoms with E-state index < -0.39 is 6.10 Å². The normalized spacial score (nSPS) is 12.5. The van der Waals surface area contributed by atoms with Crippen molar-refractivity contribution in [1.29, 1.82) is 0 Å². The highest BCUT2D eigenvalue weighted by atomic mass is 32.1. The van der Waals surface area contributed by atoms with Gasteiger partial charge in [0.15, 0.2) is 5.13 Å². The zero-order valence-corrected chi connectivity index (χ0v) is 11.9. The van der Waals surface area contributed by atoms with E-state index in [1.807, 2.05) is 13.8 Å². The van der Waals surface area contributed by atoms with Crippen LogP contribution < -0.4 is 10.6 Å². The number of amides is 1. The second kappa shape index (κ2) is 7.33. The molecule has 1 atom stereocenters. The number of aliphatic hydroxyl groups is 1. The van der Waals surface area contributed by atoms with Crippen molar-refractivity contribution in [2.24, 2.45) is 5.92 Å². The van der Waals surface area contributed by atoms with Crippen LogP contribution in [0.25, 0.3) is 0 Å². The van der Waals surface area contributed by atoms with Gasteiger partial charge in [0.05, 0.1) is 12.3 Å². The van der Waals surface area contributed by atoms with Gasteiger partial charge in [-0.15, -0.1) is 0 Å². The van der Waals surface area contributed by atoms with Crippen molar-refractivity contribution in [3.05, 3.63) is 11.1 Å². The summed E-state index contributed by atoms with van der Waals surface area (Å²) in [6.07, 6.45) is 2.88. The van der Waals surface area contributed by atoms with Crippen molar-refractivity contribution < 1.29 is 9.90 Å². The first kappa shape index (κ1) is 14.9. The Bertz CT molecular complexity index is 377. The number of aromatic nitrogens is 1. The summed E-state index contributed by atoms with van der Waals surface area (Å²) < 4.78 is 0. The van der Waals surface area contributed by atoms with E-state index in [-0.39, 0.29) is 18.4 Å². The van der Waals surface area contributed by atoms with Crippen LogP contribution in [-0.4, -0.2) is 35.7 Å². The molecule has 0 spiro atoms. The molecule has 0 saturated carbocycles. The minimum absolute atomic E-state index is 0.181. The van der Waals surface area contributed by atoms with Crippen molar-refractivity contribution in [3.63, 3.8) is 0 Å². The topological polar surface area (TPSA) is 74.2 Å². The monoisotopic (exact) mass is 271 g/mol. The van der Waals surface area contributed by atoms with Crippen molar-refractivity contribution in [1.82, 2.24) is 10.3 Å². The molecule has 0 aromatic carbocycles. The number of anilines is 1. The maximum absolute atomic E-state index is 11.8. The molecule has 1 unspecified atom stereocenters. The van der Waals surface area contributed by atoms with Gasteiger partial charge in [-0.2, -0.15) is 0 Å². The molecule has 0 aliphatic carbocycles. The summed E-state index contributed by atoms with van der Waals surface area (Å²) in [4.78, 5) is 16.4. The van der Waals surface area contributed by atoms with Gasteiger partial charge < -0.3 is 15.7 Å². The van der Waals surface area contributed by atoms with Crippen molar-refractivity contribution >= 4 is 22.4 Å². The SMILES string of the molecule is CCC(CC)C(O)CNC(=O)c1cnc(NC)s1. The molecule has 18 heavy (non-hydrogen) atoms. The molecule has 0 bridgehead atoms. The third-order valence-corrected chi connectivity index (χ3v) is 4.02. The minimum atomic E-state index is -0.486. The Morgan fingerprint density at radius 3 is 2.67 bits per heavy atom. The predicted octanol–water partition coefficient (Wildman–Crippen LogP) is 1.71. The van der Waals surface area contributed by atoms with E-state index in [2.05, 4.69) is 15.6 Å². The highest BCUT2D eigenvalue weighted by Crippen LogP contribution is 2.17. The lowest BCUT2D eigenvalue weighted by atomic mass is 9.96. The van der Waals surface area contributed by atoms with E-state index in [4.69, 9.17) is 0 Å². The van der Waals surface area contributed by atoms with Crippen molar-refractivity contribution in [2.45, 2.75) is 32.8 Å². The largest absolute Gasteiger partial charge is 0.391 e. The number of carbonyl (C=O) groups is 1. The predicted molar refractivity (Wildman–Crippen MR) is 74.1 cm³/mol. The Morgan fingerprint density at radius 2 is 2.17 bits per heavy atom. The van der Waals surface area contributed by atoms with E-state index in [1.54, 1.807) is 7.05 Å². The molecule has 1 aromatic rings. The number of hydrogen-bond acceptors (Lipinski definition) is 5. The average Bonchev–Trinajstić information content (AvgIpc) is 2.86. The maximum atomic E-state index is 11.8. The summed E-state index contributed by atoms with van der Waals surface area (Å²) in [7, 11) is 1.76. The summed E-state index contributed by atoms with van der Waals surface area (Å²) in [6, 6.07) is 0. The molecular weight excluding hydrogens is 250 g/mol. The lowest BCUT2D eigenvalue weighted by Gasteiger charge is -2.20. The van der Waals surface area contributed by atoms with Crippen LogP contribution in [0.4, 0.5) is 5.13 Å². The highest BCUT2D eigenvalue weighted by Gasteiger charge is 2.17. The molecule has 0 saturated heterocycles. The molecular formula is C12H21N3O2S. The highest BCUT2D eigenvalue weighted by molar-refractivity contribution is 7.17. The van der Waals surface area contributed by atoms with E-state index in [1.165, 1.54) is 17.5 Å². The number of nitrogens with one attached hydrogen (secondary N) is 2. The maximum Gasteiger partial charge on any atom is 0.263 e. The van der Waals surface area contributed by atoms with Crippen LogP contribution in [0.2, 0.25) is 0 Å². The minimum Gasteiger partial charge on any atom is -0.391 e. The van der Waals surface area contributed by atoms with Crippen molar-refractivity contribution in [2.75, 3.05) is 18.9 Å². The van der Waals surface area contributed by atoms with Gasteiger partial charge in [0.25, 0.3) is 5.91 Å². The number of aliphatic hydroxyl groups excluding tert-OH is 1. The Labute approximate surface area is 112 Å². The van der Waals surface area contributed by atoms with Gasteiger partial charge in [0, 0.05) is 13.6 Å². The van der Waals surface area contributed by atoms with Gasteiger partial charge in [-0.05, 0) is 5.92 Å². The summed E-state index contributed by atoms with van der Waals surface area (Å²) in [5.74, 6) is 0.0543. The average molecular weight is 271 g/mol. The van der Waals surface area contributed by atoms with Crippen LogP contribution in [0.3, 0.4) is 0 Å². The molecule has 102 valence electrons. The molecule has 1 heterocycles. The van der Waals surface area contributed by atoms with Crippen LogP contribution in [0.1, 0.15) is 36.4 Å². The molecule has 1 rings (SSSR count). The molecule has 1 amide bonds. The standard InChI is InChI=1S/C12H21N3O2S/c1-4-8(5-2)9(16)6-14-11(17)10-7-15-12(13-3)18-10/h7-9,16H,4-6H2,1-3H3,(H,13,15)(H,14,17). The Kier molecular flexibility index (Phi) is 6.07. The molecule has 0 fully saturated rings. The number of nitrogens with zero attached hydrogens (tertiary/aromatic N) is 1. The molecule has 0 aliphatic heterocycles. The zero-order chi connectivity index (χ0) is 13.5. The Hall–Kier alpha value is -1.14. The first-order valence-corrected chi connectivity index (χ1v) is 7.03.